The molecule has 1 atom stereocenters. The summed E-state index contributed by atoms with van der Waals surface area (Å²) in [5, 5.41) is 10.4. The van der Waals surface area contributed by atoms with E-state index in [2.05, 4.69) is 14.1 Å². The first-order valence-corrected chi connectivity index (χ1v) is 5.41. The minimum Gasteiger partial charge on any atom is -0.466 e. The molecule has 0 aliphatic carbocycles. The normalized spacial score (nSPS) is 11.9. The first-order chi connectivity index (χ1) is 7.65. The fourth-order valence-electron chi connectivity index (χ4n) is 0.828. The van der Waals surface area contributed by atoms with E-state index in [4.69, 9.17) is 9.99 Å². The van der Waals surface area contributed by atoms with Crippen LogP contribution in [-0.4, -0.2) is 35.7 Å². The number of ether oxygens (including phenoxy) is 2. The lowest BCUT2D eigenvalue weighted by atomic mass is 10.3. The number of carbonyl (C=O) groups excluding carboxylic acids is 2. The van der Waals surface area contributed by atoms with Gasteiger partial charge in [0.05, 0.1) is 31.7 Å². The number of rotatable bonds is 8. The molecule has 0 aromatic heterocycles. The van der Waals surface area contributed by atoms with Gasteiger partial charge in [-0.2, -0.15) is 0 Å². The van der Waals surface area contributed by atoms with E-state index < -0.39 is 17.2 Å². The lowest BCUT2D eigenvalue weighted by Gasteiger charge is -2.11. The molecule has 1 N–H and O–H groups in total. The summed E-state index contributed by atoms with van der Waals surface area (Å²) in [7, 11) is 0. The minimum absolute atomic E-state index is 0.179. The molecule has 94 valence electrons. The maximum Gasteiger partial charge on any atom is 0.322 e. The van der Waals surface area contributed by atoms with Crippen molar-refractivity contribution in [3.8, 4) is 0 Å². The van der Waals surface area contributed by atoms with Gasteiger partial charge in [-0.05, 0) is 13.8 Å². The zero-order valence-electron chi connectivity index (χ0n) is 9.00. The summed E-state index contributed by atoms with van der Waals surface area (Å²) in [4.78, 5) is 22.4. The summed E-state index contributed by atoms with van der Waals surface area (Å²) in [6, 6.07) is 0. The van der Waals surface area contributed by atoms with Crippen molar-refractivity contribution in [2.45, 2.75) is 25.5 Å². The average molecular weight is 254 g/mol. The molecular formula is C8H14O7S. The lowest BCUT2D eigenvalue weighted by Crippen LogP contribution is -2.24. The molecule has 0 spiro atoms. The molecule has 0 aliphatic rings. The quantitative estimate of drug-likeness (QED) is 0.296. The van der Waals surface area contributed by atoms with Crippen LogP contribution < -0.4 is 0 Å². The lowest BCUT2D eigenvalue weighted by molar-refractivity contribution is -0.432. The monoisotopic (exact) mass is 254 g/mol. The van der Waals surface area contributed by atoms with Gasteiger partial charge in [0.15, 0.2) is 0 Å². The molecule has 0 bridgehead atoms. The van der Waals surface area contributed by atoms with Crippen molar-refractivity contribution in [1.82, 2.24) is 0 Å². The van der Waals surface area contributed by atoms with Crippen molar-refractivity contribution in [3.05, 3.63) is 0 Å². The van der Waals surface area contributed by atoms with Crippen molar-refractivity contribution < 1.29 is 33.7 Å². The SMILES string of the molecule is CCOC(=O)CC(SOOO)C(=O)OCC. The molecule has 0 aromatic carbocycles. The molecular weight excluding hydrogens is 240 g/mol. The summed E-state index contributed by atoms with van der Waals surface area (Å²) >= 11 is 0.476. The Hall–Kier alpha value is -0.830. The summed E-state index contributed by atoms with van der Waals surface area (Å²) < 4.78 is 13.5. The van der Waals surface area contributed by atoms with Crippen molar-refractivity contribution in [2.24, 2.45) is 0 Å². The molecule has 0 saturated carbocycles. The van der Waals surface area contributed by atoms with Crippen LogP contribution in [0.4, 0.5) is 0 Å². The Morgan fingerprint density at radius 3 is 2.38 bits per heavy atom. The van der Waals surface area contributed by atoms with Crippen molar-refractivity contribution in [2.75, 3.05) is 13.2 Å². The molecule has 0 saturated heterocycles. The first kappa shape index (κ1) is 15.2. The van der Waals surface area contributed by atoms with E-state index in [1.54, 1.807) is 13.8 Å². The van der Waals surface area contributed by atoms with E-state index in [1.165, 1.54) is 0 Å². The summed E-state index contributed by atoms with van der Waals surface area (Å²) in [6.07, 6.45) is -0.222. The van der Waals surface area contributed by atoms with Crippen molar-refractivity contribution in [1.29, 1.82) is 0 Å². The minimum atomic E-state index is -0.939. The third-order valence-corrected chi connectivity index (χ3v) is 2.12. The highest BCUT2D eigenvalue weighted by Gasteiger charge is 2.26. The van der Waals surface area contributed by atoms with E-state index in [0.29, 0.717) is 12.0 Å². The van der Waals surface area contributed by atoms with Gasteiger partial charge in [-0.15, -0.1) is 4.33 Å². The molecule has 0 amide bonds. The second-order valence-corrected chi connectivity index (χ2v) is 3.39. The molecule has 1 unspecified atom stereocenters. The zero-order chi connectivity index (χ0) is 12.4. The molecule has 0 rings (SSSR count). The van der Waals surface area contributed by atoms with Crippen LogP contribution in [0.25, 0.3) is 0 Å². The predicted molar refractivity (Wildman–Crippen MR) is 54.1 cm³/mol. The van der Waals surface area contributed by atoms with Gasteiger partial charge in [0, 0.05) is 0 Å². The standard InChI is InChI=1S/C8H14O7S/c1-3-12-7(9)5-6(16-15-14-11)8(10)13-4-2/h6,11H,3-5H2,1-2H3. The summed E-state index contributed by atoms with van der Waals surface area (Å²) in [5.74, 6) is -1.20. The fourth-order valence-corrected chi connectivity index (χ4v) is 1.31. The largest absolute Gasteiger partial charge is 0.466 e. The van der Waals surface area contributed by atoms with Crippen LogP contribution in [0.2, 0.25) is 0 Å². The Kier molecular flexibility index (Phi) is 8.91. The van der Waals surface area contributed by atoms with Gasteiger partial charge in [0.2, 0.25) is 0 Å². The van der Waals surface area contributed by atoms with E-state index in [0.717, 1.165) is 0 Å². The topological polar surface area (TPSA) is 91.3 Å². The molecule has 0 radical (unpaired) electrons. The van der Waals surface area contributed by atoms with Crippen LogP contribution >= 0.6 is 12.0 Å². The van der Waals surface area contributed by atoms with Crippen LogP contribution in [0.5, 0.6) is 0 Å². The van der Waals surface area contributed by atoms with Gasteiger partial charge in [-0.1, -0.05) is 5.04 Å². The zero-order valence-corrected chi connectivity index (χ0v) is 9.82. The smallest absolute Gasteiger partial charge is 0.322 e. The highest BCUT2D eigenvalue weighted by atomic mass is 32.2. The van der Waals surface area contributed by atoms with E-state index >= 15 is 0 Å². The second kappa shape index (κ2) is 9.40. The predicted octanol–water partition coefficient (Wildman–Crippen LogP) is 0.941. The van der Waals surface area contributed by atoms with Gasteiger partial charge in [0.1, 0.15) is 5.25 Å². The van der Waals surface area contributed by atoms with E-state index in [9.17, 15) is 9.59 Å². The van der Waals surface area contributed by atoms with Crippen LogP contribution in [0.1, 0.15) is 20.3 Å². The number of hydrogen-bond donors (Lipinski definition) is 1. The van der Waals surface area contributed by atoms with Crippen LogP contribution in [-0.2, 0) is 28.4 Å². The summed E-state index contributed by atoms with van der Waals surface area (Å²) in [5.41, 5.74) is 0. The maximum absolute atomic E-state index is 11.3. The maximum atomic E-state index is 11.3. The Morgan fingerprint density at radius 1 is 1.25 bits per heavy atom. The van der Waals surface area contributed by atoms with Gasteiger partial charge in [-0.3, -0.25) is 9.59 Å². The second-order valence-electron chi connectivity index (χ2n) is 2.49. The van der Waals surface area contributed by atoms with Crippen LogP contribution in [0, 0.1) is 0 Å². The third-order valence-electron chi connectivity index (χ3n) is 1.39. The number of carbonyl (C=O) groups is 2. The Bertz CT molecular complexity index is 220. The highest BCUT2D eigenvalue weighted by Crippen LogP contribution is 2.18. The third kappa shape index (κ3) is 6.62. The van der Waals surface area contributed by atoms with Gasteiger partial charge < -0.3 is 9.47 Å². The van der Waals surface area contributed by atoms with Crippen LogP contribution in [0.3, 0.4) is 0 Å². The van der Waals surface area contributed by atoms with Crippen LogP contribution in [0.15, 0.2) is 0 Å². The molecule has 8 heteroatoms. The summed E-state index contributed by atoms with van der Waals surface area (Å²) in [6.45, 7) is 3.68. The number of hydrogen-bond acceptors (Lipinski definition) is 8. The van der Waals surface area contributed by atoms with Gasteiger partial charge in [0.25, 0.3) is 0 Å². The first-order valence-electron chi connectivity index (χ1n) is 4.61. The molecule has 0 aliphatic heterocycles. The molecule has 0 aromatic rings. The van der Waals surface area contributed by atoms with Gasteiger partial charge >= 0.3 is 11.9 Å². The molecule has 16 heavy (non-hydrogen) atoms. The van der Waals surface area contributed by atoms with Crippen molar-refractivity contribution >= 4 is 24.0 Å². The molecule has 7 nitrogen and oxygen atoms in total. The molecule has 0 heterocycles. The van der Waals surface area contributed by atoms with E-state index in [1.807, 2.05) is 0 Å². The number of esters is 2. The fraction of sp³-hybridized carbons (Fsp3) is 0.750. The molecule has 0 fully saturated rings. The van der Waals surface area contributed by atoms with Gasteiger partial charge in [-0.25, -0.2) is 5.26 Å². The van der Waals surface area contributed by atoms with Crippen molar-refractivity contribution in [3.63, 3.8) is 0 Å². The Balaban J connectivity index is 4.18. The average Bonchev–Trinajstić information content (AvgIpc) is 2.24. The van der Waals surface area contributed by atoms with E-state index in [-0.39, 0.29) is 19.6 Å². The highest BCUT2D eigenvalue weighted by molar-refractivity contribution is 7.95. The Morgan fingerprint density at radius 2 is 1.88 bits per heavy atom. The Labute approximate surface area is 97.1 Å².